The molecular weight excluding hydrogens is 538 g/mol. The number of ether oxygens (including phenoxy) is 2. The summed E-state index contributed by atoms with van der Waals surface area (Å²) < 4.78 is 39.9. The second kappa shape index (κ2) is 9.05. The van der Waals surface area contributed by atoms with Crippen LogP contribution in [-0.2, 0) is 19.5 Å². The number of anilines is 1. The normalized spacial score (nSPS) is 17.7. The molecule has 3 heterocycles. The van der Waals surface area contributed by atoms with Crippen molar-refractivity contribution in [3.63, 3.8) is 0 Å². The van der Waals surface area contributed by atoms with Crippen molar-refractivity contribution in [3.8, 4) is 0 Å². The minimum atomic E-state index is -3.94. The maximum atomic E-state index is 13.3. The number of nitrogens with one attached hydrogen (secondary N) is 1. The number of carbonyl (C=O) groups is 1. The summed E-state index contributed by atoms with van der Waals surface area (Å²) in [4.78, 5) is 31.0. The van der Waals surface area contributed by atoms with E-state index in [9.17, 15) is 18.0 Å². The number of nitrogens with zero attached hydrogens (tertiary/aromatic N) is 2. The third-order valence-electron chi connectivity index (χ3n) is 6.56. The van der Waals surface area contributed by atoms with E-state index in [1.807, 2.05) is 0 Å². The molecule has 1 amide bonds. The van der Waals surface area contributed by atoms with Crippen LogP contribution in [0.1, 0.15) is 23.2 Å². The Balaban J connectivity index is 1.44. The molecule has 2 aliphatic heterocycles. The van der Waals surface area contributed by atoms with Crippen molar-refractivity contribution in [2.75, 3.05) is 37.7 Å². The zero-order chi connectivity index (χ0) is 24.8. The van der Waals surface area contributed by atoms with Gasteiger partial charge in [-0.15, -0.1) is 0 Å². The summed E-state index contributed by atoms with van der Waals surface area (Å²) in [6.45, 7) is 1.90. The lowest BCUT2D eigenvalue weighted by Crippen LogP contribution is -2.48. The van der Waals surface area contributed by atoms with Gasteiger partial charge in [0.15, 0.2) is 5.79 Å². The molecule has 2 aromatic carbocycles. The Morgan fingerprint density at radius 3 is 2.40 bits per heavy atom. The summed E-state index contributed by atoms with van der Waals surface area (Å²) in [5.74, 6) is -1.03. The number of piperidine rings is 1. The van der Waals surface area contributed by atoms with Gasteiger partial charge in [-0.1, -0.05) is 15.9 Å². The number of hydrogen-bond acceptors (Lipinski definition) is 6. The van der Waals surface area contributed by atoms with Gasteiger partial charge < -0.3 is 19.4 Å². The lowest BCUT2D eigenvalue weighted by Gasteiger charge is -2.37. The van der Waals surface area contributed by atoms with Crippen LogP contribution in [-0.4, -0.2) is 63.3 Å². The first-order chi connectivity index (χ1) is 16.7. The Kier molecular flexibility index (Phi) is 6.20. The number of likely N-dealkylation sites (tertiary alicyclic amines) is 1. The molecule has 9 nitrogen and oxygen atoms in total. The van der Waals surface area contributed by atoms with Crippen LogP contribution in [0.2, 0.25) is 0 Å². The summed E-state index contributed by atoms with van der Waals surface area (Å²) in [7, 11) is -2.49. The SMILES string of the molecule is CN(c1ccc(Br)cc1)S(=O)(=O)c1ccc2[nH]cc(C(=O)N3CCC4(CC3)OCCO4)c(=O)c2c1. The van der Waals surface area contributed by atoms with E-state index in [1.165, 1.54) is 31.4 Å². The van der Waals surface area contributed by atoms with Crippen LogP contribution in [0.4, 0.5) is 5.69 Å². The number of hydrogen-bond donors (Lipinski definition) is 1. The molecule has 0 atom stereocenters. The van der Waals surface area contributed by atoms with Gasteiger partial charge in [0.05, 0.1) is 23.8 Å². The maximum Gasteiger partial charge on any atom is 0.264 e. The van der Waals surface area contributed by atoms with E-state index < -0.39 is 27.1 Å². The summed E-state index contributed by atoms with van der Waals surface area (Å²) in [6.07, 6.45) is 2.46. The fourth-order valence-corrected chi connectivity index (χ4v) is 5.96. The molecule has 11 heteroatoms. The second-order valence-corrected chi connectivity index (χ2v) is 11.5. The van der Waals surface area contributed by atoms with Crippen molar-refractivity contribution < 1.29 is 22.7 Å². The average molecular weight is 562 g/mol. The number of halogens is 1. The lowest BCUT2D eigenvalue weighted by atomic mass is 10.0. The van der Waals surface area contributed by atoms with Crippen molar-refractivity contribution in [1.82, 2.24) is 9.88 Å². The van der Waals surface area contributed by atoms with Gasteiger partial charge in [-0.2, -0.15) is 0 Å². The van der Waals surface area contributed by atoms with E-state index >= 15 is 0 Å². The number of aromatic amines is 1. The third-order valence-corrected chi connectivity index (χ3v) is 8.87. The fraction of sp³-hybridized carbons (Fsp3) is 0.333. The largest absolute Gasteiger partial charge is 0.360 e. The molecule has 5 rings (SSSR count). The van der Waals surface area contributed by atoms with Crippen molar-refractivity contribution in [3.05, 3.63) is 68.9 Å². The predicted molar refractivity (Wildman–Crippen MR) is 134 cm³/mol. The first-order valence-corrected chi connectivity index (χ1v) is 13.4. The van der Waals surface area contributed by atoms with E-state index in [-0.39, 0.29) is 15.8 Å². The highest BCUT2D eigenvalue weighted by molar-refractivity contribution is 9.10. The Morgan fingerprint density at radius 2 is 1.74 bits per heavy atom. The minimum Gasteiger partial charge on any atom is -0.360 e. The molecule has 184 valence electrons. The first kappa shape index (κ1) is 24.0. The molecule has 2 aliphatic rings. The highest BCUT2D eigenvalue weighted by atomic mass is 79.9. The van der Waals surface area contributed by atoms with Crippen LogP contribution in [0, 0.1) is 0 Å². The van der Waals surface area contributed by atoms with Crippen LogP contribution < -0.4 is 9.73 Å². The molecule has 35 heavy (non-hydrogen) atoms. The third kappa shape index (κ3) is 4.37. The Morgan fingerprint density at radius 1 is 1.09 bits per heavy atom. The predicted octanol–water partition coefficient (Wildman–Crippen LogP) is 3.09. The van der Waals surface area contributed by atoms with Gasteiger partial charge in [-0.25, -0.2) is 8.42 Å². The monoisotopic (exact) mass is 561 g/mol. The molecule has 0 unspecified atom stereocenters. The van der Waals surface area contributed by atoms with Gasteiger partial charge in [0.2, 0.25) is 5.43 Å². The fourth-order valence-electron chi connectivity index (χ4n) is 4.47. The number of fused-ring (bicyclic) bond motifs is 1. The summed E-state index contributed by atoms with van der Waals surface area (Å²) >= 11 is 3.34. The Bertz CT molecular complexity index is 1440. The van der Waals surface area contributed by atoms with Crippen LogP contribution in [0.15, 0.2) is 62.8 Å². The van der Waals surface area contributed by atoms with Gasteiger partial charge in [0.25, 0.3) is 15.9 Å². The number of H-pyrrole nitrogens is 1. The van der Waals surface area contributed by atoms with E-state index in [0.717, 1.165) is 8.78 Å². The quantitative estimate of drug-likeness (QED) is 0.524. The zero-order valence-corrected chi connectivity index (χ0v) is 21.4. The molecule has 3 aromatic rings. The number of benzene rings is 2. The molecule has 2 fully saturated rings. The number of carbonyl (C=O) groups excluding carboxylic acids is 1. The molecular formula is C24H24BrN3O6S. The summed E-state index contributed by atoms with van der Waals surface area (Å²) in [6, 6.07) is 11.1. The van der Waals surface area contributed by atoms with Crippen LogP contribution in [0.3, 0.4) is 0 Å². The first-order valence-electron chi connectivity index (χ1n) is 11.2. The molecule has 1 aromatic heterocycles. The van der Waals surface area contributed by atoms with E-state index in [1.54, 1.807) is 29.2 Å². The standard InChI is InChI=1S/C24H24BrN3O6S/c1-27(17-4-2-16(25)3-5-17)35(31,32)18-6-7-21-19(14-18)22(29)20(15-26-21)23(30)28-10-8-24(9-11-28)33-12-13-34-24/h2-7,14-15H,8-13H2,1H3,(H,26,29). The van der Waals surface area contributed by atoms with Crippen LogP contribution in [0.5, 0.6) is 0 Å². The van der Waals surface area contributed by atoms with Gasteiger partial charge in [-0.3, -0.25) is 13.9 Å². The average Bonchev–Trinajstić information content (AvgIpc) is 3.32. The minimum absolute atomic E-state index is 0.0301. The summed E-state index contributed by atoms with van der Waals surface area (Å²) in [5, 5.41) is 0.136. The number of rotatable bonds is 4. The second-order valence-electron chi connectivity index (χ2n) is 8.59. The van der Waals surface area contributed by atoms with E-state index in [4.69, 9.17) is 9.47 Å². The topological polar surface area (TPSA) is 109 Å². The molecule has 0 aliphatic carbocycles. The lowest BCUT2D eigenvalue weighted by molar-refractivity contribution is -0.181. The zero-order valence-electron chi connectivity index (χ0n) is 19.0. The molecule has 0 bridgehead atoms. The molecule has 0 radical (unpaired) electrons. The number of pyridine rings is 1. The van der Waals surface area contributed by atoms with Gasteiger partial charge in [0, 0.05) is 54.6 Å². The summed E-state index contributed by atoms with van der Waals surface area (Å²) in [5.41, 5.74) is 0.379. The van der Waals surface area contributed by atoms with Crippen molar-refractivity contribution in [2.24, 2.45) is 0 Å². The maximum absolute atomic E-state index is 13.3. The highest BCUT2D eigenvalue weighted by Gasteiger charge is 2.41. The molecule has 1 spiro atoms. The number of amides is 1. The number of sulfonamides is 1. The van der Waals surface area contributed by atoms with Crippen molar-refractivity contribution in [1.29, 1.82) is 0 Å². The van der Waals surface area contributed by atoms with E-state index in [2.05, 4.69) is 20.9 Å². The van der Waals surface area contributed by atoms with Gasteiger partial charge >= 0.3 is 0 Å². The van der Waals surface area contributed by atoms with Gasteiger partial charge in [-0.05, 0) is 42.5 Å². The Hall–Kier alpha value is -2.73. The van der Waals surface area contributed by atoms with E-state index in [0.29, 0.717) is 50.3 Å². The van der Waals surface area contributed by atoms with Crippen molar-refractivity contribution >= 4 is 48.5 Å². The molecule has 1 N–H and O–H groups in total. The Labute approximate surface area is 210 Å². The van der Waals surface area contributed by atoms with Crippen molar-refractivity contribution in [2.45, 2.75) is 23.5 Å². The highest BCUT2D eigenvalue weighted by Crippen LogP contribution is 2.32. The molecule has 0 saturated carbocycles. The van der Waals surface area contributed by atoms with Crippen LogP contribution in [0.25, 0.3) is 10.9 Å². The smallest absolute Gasteiger partial charge is 0.264 e. The van der Waals surface area contributed by atoms with Gasteiger partial charge in [0.1, 0.15) is 5.56 Å². The molecule has 2 saturated heterocycles. The van der Waals surface area contributed by atoms with Crippen LogP contribution >= 0.6 is 15.9 Å². The number of aromatic nitrogens is 1.